The fraction of sp³-hybridized carbons (Fsp3) is 0.0769. The number of nitrogens with zero attached hydrogens (tertiary/aromatic N) is 1. The first kappa shape index (κ1) is 14.7. The number of nitro benzene ring substituents is 1. The predicted octanol–water partition coefficient (Wildman–Crippen LogP) is 4.76. The van der Waals surface area contributed by atoms with Gasteiger partial charge in [-0.2, -0.15) is 4.39 Å². The van der Waals surface area contributed by atoms with E-state index in [1.165, 1.54) is 6.07 Å². The summed E-state index contributed by atoms with van der Waals surface area (Å²) in [5.41, 5.74) is 0.748. The molecule has 0 radical (unpaired) electrons. The summed E-state index contributed by atoms with van der Waals surface area (Å²) >= 11 is 9.34. The second-order valence-corrected chi connectivity index (χ2v) is 5.34. The van der Waals surface area contributed by atoms with Crippen molar-refractivity contribution in [2.75, 3.05) is 5.32 Å². The Bertz CT molecular complexity index is 667. The van der Waals surface area contributed by atoms with Crippen LogP contribution in [0.4, 0.5) is 15.8 Å². The van der Waals surface area contributed by atoms with Gasteiger partial charge in [0.25, 0.3) is 0 Å². The lowest BCUT2D eigenvalue weighted by molar-refractivity contribution is -0.387. The maximum Gasteiger partial charge on any atom is 0.304 e. The molecule has 104 valence electrons. The molecule has 20 heavy (non-hydrogen) atoms. The minimum absolute atomic E-state index is 0.311. The summed E-state index contributed by atoms with van der Waals surface area (Å²) in [6.45, 7) is 0.311. The summed E-state index contributed by atoms with van der Waals surface area (Å²) in [5.74, 6) is -0.852. The summed E-state index contributed by atoms with van der Waals surface area (Å²) in [6.07, 6.45) is 0. The van der Waals surface area contributed by atoms with Crippen LogP contribution < -0.4 is 5.32 Å². The Morgan fingerprint density at radius 3 is 2.70 bits per heavy atom. The molecule has 2 rings (SSSR count). The van der Waals surface area contributed by atoms with E-state index in [4.69, 9.17) is 11.6 Å². The quantitative estimate of drug-likeness (QED) is 0.632. The van der Waals surface area contributed by atoms with Crippen molar-refractivity contribution in [3.63, 3.8) is 0 Å². The Morgan fingerprint density at radius 1 is 1.30 bits per heavy atom. The highest BCUT2D eigenvalue weighted by Gasteiger charge is 2.13. The van der Waals surface area contributed by atoms with Crippen molar-refractivity contribution in [3.8, 4) is 0 Å². The van der Waals surface area contributed by atoms with Crippen molar-refractivity contribution in [3.05, 3.63) is 67.4 Å². The van der Waals surface area contributed by atoms with Gasteiger partial charge in [-0.25, -0.2) is 0 Å². The molecule has 0 unspecified atom stereocenters. The van der Waals surface area contributed by atoms with Gasteiger partial charge in [0.05, 0.1) is 15.6 Å². The van der Waals surface area contributed by atoms with Gasteiger partial charge in [-0.1, -0.05) is 33.6 Å². The number of rotatable bonds is 4. The number of nitro groups is 1. The molecule has 0 saturated carbocycles. The van der Waals surface area contributed by atoms with E-state index < -0.39 is 16.4 Å². The number of hydrogen-bond acceptors (Lipinski definition) is 3. The van der Waals surface area contributed by atoms with E-state index in [2.05, 4.69) is 21.2 Å². The maximum absolute atomic E-state index is 13.5. The van der Waals surface area contributed by atoms with E-state index in [-0.39, 0.29) is 0 Å². The number of anilines is 1. The average Bonchev–Trinajstić information content (AvgIpc) is 2.39. The normalized spacial score (nSPS) is 10.3. The molecule has 2 aromatic rings. The Balaban J connectivity index is 2.13. The molecule has 0 bridgehead atoms. The molecule has 0 spiro atoms. The van der Waals surface area contributed by atoms with Crippen LogP contribution in [0.2, 0.25) is 5.02 Å². The Labute approximate surface area is 127 Å². The Kier molecular flexibility index (Phi) is 4.57. The van der Waals surface area contributed by atoms with Gasteiger partial charge in [0, 0.05) is 17.1 Å². The van der Waals surface area contributed by atoms with Gasteiger partial charge >= 0.3 is 5.69 Å². The third-order valence-corrected chi connectivity index (χ3v) is 3.44. The molecule has 4 nitrogen and oxygen atoms in total. The summed E-state index contributed by atoms with van der Waals surface area (Å²) in [5, 5.41) is 14.1. The summed E-state index contributed by atoms with van der Waals surface area (Å²) in [4.78, 5) is 9.77. The van der Waals surface area contributed by atoms with Crippen molar-refractivity contribution >= 4 is 38.9 Å². The van der Waals surface area contributed by atoms with Gasteiger partial charge in [0.1, 0.15) is 0 Å². The molecule has 0 saturated heterocycles. The molecule has 0 aliphatic carbocycles. The second kappa shape index (κ2) is 6.19. The molecule has 0 aromatic heterocycles. The predicted molar refractivity (Wildman–Crippen MR) is 79.5 cm³/mol. The first-order valence-corrected chi connectivity index (χ1v) is 6.76. The third-order valence-electron chi connectivity index (χ3n) is 2.62. The fourth-order valence-electron chi connectivity index (χ4n) is 1.64. The van der Waals surface area contributed by atoms with Gasteiger partial charge in [-0.15, -0.1) is 0 Å². The maximum atomic E-state index is 13.5. The zero-order chi connectivity index (χ0) is 14.7. The first-order valence-electron chi connectivity index (χ1n) is 5.59. The van der Waals surface area contributed by atoms with E-state index in [0.717, 1.165) is 16.6 Å². The van der Waals surface area contributed by atoms with E-state index in [0.29, 0.717) is 22.8 Å². The van der Waals surface area contributed by atoms with Crippen LogP contribution in [-0.2, 0) is 6.54 Å². The number of benzene rings is 2. The minimum Gasteiger partial charge on any atom is -0.380 e. The van der Waals surface area contributed by atoms with Crippen LogP contribution in [0.1, 0.15) is 5.56 Å². The first-order chi connectivity index (χ1) is 9.47. The Hall–Kier alpha value is -1.66. The fourth-order valence-corrected chi connectivity index (χ4v) is 2.18. The van der Waals surface area contributed by atoms with Crippen LogP contribution >= 0.6 is 27.5 Å². The highest BCUT2D eigenvalue weighted by Crippen LogP contribution is 2.26. The van der Waals surface area contributed by atoms with Crippen molar-refractivity contribution in [1.29, 1.82) is 0 Å². The van der Waals surface area contributed by atoms with E-state index >= 15 is 0 Å². The van der Waals surface area contributed by atoms with Crippen LogP contribution in [0.3, 0.4) is 0 Å². The zero-order valence-corrected chi connectivity index (χ0v) is 12.4. The van der Waals surface area contributed by atoms with Crippen LogP contribution in [0.5, 0.6) is 0 Å². The standard InChI is InChI=1S/C13H9BrClFN2O2/c14-9-2-3-10(15)12(6-9)17-7-8-1-4-13(18(19)20)11(16)5-8/h1-6,17H,7H2. The lowest BCUT2D eigenvalue weighted by atomic mass is 10.2. The van der Waals surface area contributed by atoms with Crippen molar-refractivity contribution in [1.82, 2.24) is 0 Å². The lowest BCUT2D eigenvalue weighted by Gasteiger charge is -2.09. The minimum atomic E-state index is -0.852. The van der Waals surface area contributed by atoms with Gasteiger partial charge in [0.15, 0.2) is 0 Å². The van der Waals surface area contributed by atoms with Gasteiger partial charge in [0.2, 0.25) is 5.82 Å². The molecule has 0 aliphatic heterocycles. The summed E-state index contributed by atoms with van der Waals surface area (Å²) in [7, 11) is 0. The molecule has 0 atom stereocenters. The van der Waals surface area contributed by atoms with Crippen molar-refractivity contribution < 1.29 is 9.31 Å². The van der Waals surface area contributed by atoms with E-state index in [1.807, 2.05) is 0 Å². The molecular weight excluding hydrogens is 351 g/mol. The molecule has 7 heteroatoms. The van der Waals surface area contributed by atoms with E-state index in [9.17, 15) is 14.5 Å². The number of hydrogen-bond donors (Lipinski definition) is 1. The summed E-state index contributed by atoms with van der Waals surface area (Å²) in [6, 6.07) is 9.11. The smallest absolute Gasteiger partial charge is 0.304 e. The lowest BCUT2D eigenvalue weighted by Crippen LogP contribution is -2.01. The molecular formula is C13H9BrClFN2O2. The number of nitrogens with one attached hydrogen (secondary N) is 1. The largest absolute Gasteiger partial charge is 0.380 e. The van der Waals surface area contributed by atoms with Gasteiger partial charge in [-0.05, 0) is 29.8 Å². The molecule has 1 N–H and O–H groups in total. The molecule has 0 amide bonds. The van der Waals surface area contributed by atoms with Gasteiger partial charge in [-0.3, -0.25) is 10.1 Å². The number of halogens is 3. The van der Waals surface area contributed by atoms with Crippen molar-refractivity contribution in [2.45, 2.75) is 6.54 Å². The van der Waals surface area contributed by atoms with Gasteiger partial charge < -0.3 is 5.32 Å². The average molecular weight is 360 g/mol. The monoisotopic (exact) mass is 358 g/mol. The topological polar surface area (TPSA) is 55.2 Å². The summed E-state index contributed by atoms with van der Waals surface area (Å²) < 4.78 is 14.3. The highest BCUT2D eigenvalue weighted by atomic mass is 79.9. The zero-order valence-electron chi connectivity index (χ0n) is 10.1. The van der Waals surface area contributed by atoms with E-state index in [1.54, 1.807) is 18.2 Å². The van der Waals surface area contributed by atoms with Crippen LogP contribution in [0.15, 0.2) is 40.9 Å². The Morgan fingerprint density at radius 2 is 2.05 bits per heavy atom. The van der Waals surface area contributed by atoms with Crippen LogP contribution in [0.25, 0.3) is 0 Å². The third kappa shape index (κ3) is 3.46. The molecule has 0 fully saturated rings. The second-order valence-electron chi connectivity index (χ2n) is 4.02. The van der Waals surface area contributed by atoms with Crippen LogP contribution in [-0.4, -0.2) is 4.92 Å². The van der Waals surface area contributed by atoms with Crippen molar-refractivity contribution in [2.24, 2.45) is 0 Å². The molecule has 0 heterocycles. The molecule has 2 aromatic carbocycles. The van der Waals surface area contributed by atoms with Crippen LogP contribution in [0, 0.1) is 15.9 Å². The highest BCUT2D eigenvalue weighted by molar-refractivity contribution is 9.10. The molecule has 0 aliphatic rings. The SMILES string of the molecule is O=[N+]([O-])c1ccc(CNc2cc(Br)ccc2Cl)cc1F.